The normalized spacial score (nSPS) is 21.6. The minimum absolute atomic E-state index is 0.294. The Morgan fingerprint density at radius 2 is 1.73 bits per heavy atom. The molecule has 0 saturated heterocycles. The lowest BCUT2D eigenvalue weighted by atomic mass is 9.80. The molecule has 2 aliphatic heterocycles. The van der Waals surface area contributed by atoms with E-state index in [0.29, 0.717) is 11.1 Å². The van der Waals surface area contributed by atoms with Crippen LogP contribution in [0.3, 0.4) is 0 Å². The van der Waals surface area contributed by atoms with Crippen molar-refractivity contribution in [3.05, 3.63) is 105 Å². The Morgan fingerprint density at radius 1 is 1.00 bits per heavy atom. The number of anilines is 1. The lowest BCUT2D eigenvalue weighted by molar-refractivity contribution is -0.401. The summed E-state index contributed by atoms with van der Waals surface area (Å²) in [5.41, 5.74) is 8.62. The van der Waals surface area contributed by atoms with E-state index in [-0.39, 0.29) is 10.8 Å². The molecule has 214 valence electrons. The van der Waals surface area contributed by atoms with Crippen molar-refractivity contribution in [2.24, 2.45) is 0 Å². The molecule has 5 rings (SSSR count). The van der Waals surface area contributed by atoms with Gasteiger partial charge in [-0.25, -0.2) is 4.79 Å². The van der Waals surface area contributed by atoms with Gasteiger partial charge >= 0.3 is 5.97 Å². The second kappa shape index (κ2) is 10.4. The van der Waals surface area contributed by atoms with E-state index in [0.717, 1.165) is 69.4 Å². The van der Waals surface area contributed by atoms with Gasteiger partial charge in [-0.05, 0) is 80.2 Å². The standard InChI is InChI=1S/C34H37ClN2O4/c1-33(2)24-18-22(31(38)39)10-14-26(24)36(5)28(33)16-12-20-8-7-9-21(30(20)35)13-17-29-34(3,4)25-19-23(32(40)41)11-15-27(25)37(29)6/h10-19,31,38-39H,7-9H2,1-6H3/p+1. The number of carbonyl (C=O) groups is 1. The van der Waals surface area contributed by atoms with Gasteiger partial charge in [0.05, 0.1) is 11.0 Å². The minimum atomic E-state index is -1.50. The van der Waals surface area contributed by atoms with E-state index >= 15 is 0 Å². The first-order chi connectivity index (χ1) is 19.2. The van der Waals surface area contributed by atoms with Crippen molar-refractivity contribution in [3.63, 3.8) is 0 Å². The number of hydrogen-bond acceptors (Lipinski definition) is 4. The molecule has 0 bridgehead atoms. The summed E-state index contributed by atoms with van der Waals surface area (Å²) in [6.45, 7) is 8.54. The number of fused-ring (bicyclic) bond motifs is 2. The van der Waals surface area contributed by atoms with Crippen molar-refractivity contribution in [2.45, 2.75) is 64.1 Å². The largest absolute Gasteiger partial charge is 0.478 e. The summed E-state index contributed by atoms with van der Waals surface area (Å²) < 4.78 is 2.13. The maximum atomic E-state index is 11.6. The average molecular weight is 574 g/mol. The zero-order valence-corrected chi connectivity index (χ0v) is 25.3. The monoisotopic (exact) mass is 573 g/mol. The van der Waals surface area contributed by atoms with Crippen LogP contribution in [0.1, 0.15) is 80.3 Å². The van der Waals surface area contributed by atoms with Gasteiger partial charge in [0.1, 0.15) is 7.05 Å². The van der Waals surface area contributed by atoms with E-state index in [1.807, 2.05) is 32.3 Å². The van der Waals surface area contributed by atoms with Crippen LogP contribution in [0, 0.1) is 0 Å². The highest BCUT2D eigenvalue weighted by atomic mass is 35.5. The van der Waals surface area contributed by atoms with Gasteiger partial charge in [-0.1, -0.05) is 43.7 Å². The molecule has 2 aromatic rings. The molecule has 0 spiro atoms. The molecule has 0 unspecified atom stereocenters. The summed E-state index contributed by atoms with van der Waals surface area (Å²) in [6.07, 6.45) is 9.78. The molecule has 41 heavy (non-hydrogen) atoms. The van der Waals surface area contributed by atoms with Crippen molar-refractivity contribution in [2.75, 3.05) is 19.0 Å². The van der Waals surface area contributed by atoms with Crippen LogP contribution in [0.4, 0.5) is 11.4 Å². The summed E-state index contributed by atoms with van der Waals surface area (Å²) in [5.74, 6) is -0.923. The second-order valence-corrected chi connectivity index (χ2v) is 12.6. The zero-order valence-electron chi connectivity index (χ0n) is 24.5. The van der Waals surface area contributed by atoms with Gasteiger partial charge < -0.3 is 20.2 Å². The molecule has 6 nitrogen and oxygen atoms in total. The molecule has 0 atom stereocenters. The average Bonchev–Trinajstić information content (AvgIpc) is 3.24. The van der Waals surface area contributed by atoms with Crippen molar-refractivity contribution in [1.82, 2.24) is 0 Å². The Labute approximate surface area is 246 Å². The number of rotatable bonds is 5. The van der Waals surface area contributed by atoms with Crippen LogP contribution in [0.25, 0.3) is 0 Å². The van der Waals surface area contributed by atoms with Crippen LogP contribution in [0.2, 0.25) is 0 Å². The first-order valence-electron chi connectivity index (χ1n) is 14.0. The highest BCUT2D eigenvalue weighted by molar-refractivity contribution is 6.32. The number of aromatic carboxylic acids is 1. The molecular weight excluding hydrogens is 536 g/mol. The number of halogens is 1. The first-order valence-corrected chi connectivity index (χ1v) is 14.3. The predicted molar refractivity (Wildman–Crippen MR) is 164 cm³/mol. The Kier molecular flexibility index (Phi) is 7.39. The molecule has 7 heteroatoms. The molecule has 1 aliphatic carbocycles. The maximum absolute atomic E-state index is 11.6. The number of aliphatic hydroxyl groups excluding tert-OH is 1. The summed E-state index contributed by atoms with van der Waals surface area (Å²) in [5, 5.41) is 29.6. The number of hydrogen-bond donors (Lipinski definition) is 3. The number of allylic oxidation sites excluding steroid dienone is 8. The van der Waals surface area contributed by atoms with Gasteiger partial charge in [-0.3, -0.25) is 0 Å². The van der Waals surface area contributed by atoms with E-state index in [1.165, 1.54) is 0 Å². The van der Waals surface area contributed by atoms with Crippen LogP contribution in [-0.4, -0.2) is 45.7 Å². The Morgan fingerprint density at radius 3 is 2.41 bits per heavy atom. The second-order valence-electron chi connectivity index (χ2n) is 12.2. The van der Waals surface area contributed by atoms with Gasteiger partial charge in [-0.15, -0.1) is 0 Å². The number of carboxylic acids is 1. The molecule has 3 N–H and O–H groups in total. The third-order valence-corrected chi connectivity index (χ3v) is 9.46. The summed E-state index contributed by atoms with van der Waals surface area (Å²) in [6, 6.07) is 10.9. The van der Waals surface area contributed by atoms with E-state index in [9.17, 15) is 20.1 Å². The van der Waals surface area contributed by atoms with Crippen molar-refractivity contribution >= 4 is 34.7 Å². The molecule has 0 fully saturated rings. The van der Waals surface area contributed by atoms with E-state index < -0.39 is 12.3 Å². The molecule has 0 saturated carbocycles. The summed E-state index contributed by atoms with van der Waals surface area (Å²) >= 11 is 7.00. The number of nitrogens with zero attached hydrogens (tertiary/aromatic N) is 2. The maximum Gasteiger partial charge on any atom is 0.335 e. The topological polar surface area (TPSA) is 84.0 Å². The van der Waals surface area contributed by atoms with Gasteiger partial charge in [0.2, 0.25) is 5.69 Å². The molecule has 0 aromatic heterocycles. The molecule has 3 aliphatic rings. The molecule has 2 aromatic carbocycles. The third kappa shape index (κ3) is 4.88. The number of aliphatic hydroxyl groups is 2. The highest BCUT2D eigenvalue weighted by Crippen LogP contribution is 2.48. The lowest BCUT2D eigenvalue weighted by Gasteiger charge is -2.24. The van der Waals surface area contributed by atoms with Crippen molar-refractivity contribution in [1.29, 1.82) is 0 Å². The molecular formula is C34H38ClN2O4+. The van der Waals surface area contributed by atoms with E-state index in [2.05, 4.69) is 61.5 Å². The van der Waals surface area contributed by atoms with Crippen molar-refractivity contribution in [3.8, 4) is 0 Å². The number of likely N-dealkylation sites (N-methyl/N-ethyl adjacent to an activating group) is 1. The Balaban J connectivity index is 1.45. The van der Waals surface area contributed by atoms with Crippen LogP contribution in [0.15, 0.2) is 82.6 Å². The fourth-order valence-corrected chi connectivity index (χ4v) is 6.87. The highest BCUT2D eigenvalue weighted by Gasteiger charge is 2.43. The smallest absolute Gasteiger partial charge is 0.335 e. The van der Waals surface area contributed by atoms with Crippen LogP contribution in [-0.2, 0) is 10.8 Å². The van der Waals surface area contributed by atoms with Gasteiger partial charge in [0.15, 0.2) is 12.0 Å². The molecule has 0 radical (unpaired) electrons. The van der Waals surface area contributed by atoms with Crippen LogP contribution in [0.5, 0.6) is 0 Å². The fourth-order valence-electron chi connectivity index (χ4n) is 6.55. The van der Waals surface area contributed by atoms with Crippen molar-refractivity contribution < 1.29 is 24.7 Å². The number of benzene rings is 2. The predicted octanol–water partition coefficient (Wildman–Crippen LogP) is 6.84. The zero-order chi connectivity index (χ0) is 29.9. The summed E-state index contributed by atoms with van der Waals surface area (Å²) in [7, 11) is 4.05. The first kappa shape index (κ1) is 29.1. The minimum Gasteiger partial charge on any atom is -0.478 e. The summed E-state index contributed by atoms with van der Waals surface area (Å²) in [4.78, 5) is 13.7. The number of carboxylic acid groups (broad SMARTS) is 1. The van der Waals surface area contributed by atoms with Gasteiger partial charge in [0.25, 0.3) is 0 Å². The van der Waals surface area contributed by atoms with Gasteiger partial charge in [0, 0.05) is 52.1 Å². The van der Waals surface area contributed by atoms with E-state index in [1.54, 1.807) is 18.2 Å². The Bertz CT molecular complexity index is 1600. The molecule has 2 heterocycles. The lowest BCUT2D eigenvalue weighted by Crippen LogP contribution is -2.26. The quantitative estimate of drug-likeness (QED) is 0.269. The fraction of sp³-hybridized carbons (Fsp3) is 0.353. The van der Waals surface area contributed by atoms with Crippen LogP contribution >= 0.6 is 11.6 Å². The third-order valence-electron chi connectivity index (χ3n) is 8.98. The SMILES string of the molecule is CN1C(=CC=C2CCCC(C=CC3=[N+](C)c4ccc(C(=O)O)cc4C3(C)C)=C2Cl)C(C)(C)c2cc(C(O)O)ccc21. The van der Waals surface area contributed by atoms with Gasteiger partial charge in [-0.2, -0.15) is 4.58 Å². The van der Waals surface area contributed by atoms with E-state index in [4.69, 9.17) is 11.6 Å². The Hall–Kier alpha value is -3.45. The van der Waals surface area contributed by atoms with Crippen LogP contribution < -0.4 is 4.90 Å². The molecule has 0 amide bonds.